The van der Waals surface area contributed by atoms with E-state index in [1.54, 1.807) is 4.57 Å². The number of rotatable bonds is 3. The minimum Gasteiger partial charge on any atom is -0.268 e. The first-order valence-corrected chi connectivity index (χ1v) is 10.2. The number of aromatic nitrogens is 2. The number of para-hydroxylation sites is 1. The molecule has 3 aromatic rings. The average Bonchev–Trinajstić information content (AvgIpc) is 2.68. The molecule has 0 bridgehead atoms. The van der Waals surface area contributed by atoms with Crippen LogP contribution in [0.2, 0.25) is 0 Å². The predicted molar refractivity (Wildman–Crippen MR) is 108 cm³/mol. The molecule has 26 heavy (non-hydrogen) atoms. The predicted octanol–water partition coefficient (Wildman–Crippen LogP) is 4.85. The molecule has 0 radical (unpaired) electrons. The van der Waals surface area contributed by atoms with Gasteiger partial charge in [-0.15, -0.1) is 0 Å². The molecule has 0 amide bonds. The summed E-state index contributed by atoms with van der Waals surface area (Å²) in [4.78, 5) is 18.7. The van der Waals surface area contributed by atoms with Crippen molar-refractivity contribution in [2.45, 2.75) is 37.3 Å². The van der Waals surface area contributed by atoms with Crippen molar-refractivity contribution in [1.82, 2.24) is 9.55 Å². The molecule has 3 nitrogen and oxygen atoms in total. The summed E-state index contributed by atoms with van der Waals surface area (Å²) in [6, 6.07) is 18.2. The van der Waals surface area contributed by atoms with Crippen LogP contribution in [-0.4, -0.2) is 15.8 Å². The number of benzene rings is 2. The van der Waals surface area contributed by atoms with Crippen molar-refractivity contribution < 1.29 is 0 Å². The molecule has 4 heteroatoms. The highest BCUT2D eigenvalue weighted by atomic mass is 32.2. The van der Waals surface area contributed by atoms with E-state index in [4.69, 9.17) is 4.98 Å². The topological polar surface area (TPSA) is 34.9 Å². The Bertz CT molecular complexity index is 1030. The Hall–Kier alpha value is -2.33. The van der Waals surface area contributed by atoms with Crippen molar-refractivity contribution in [2.24, 2.45) is 0 Å². The highest BCUT2D eigenvalue weighted by Crippen LogP contribution is 2.43. The van der Waals surface area contributed by atoms with Crippen molar-refractivity contribution in [3.63, 3.8) is 0 Å². The van der Waals surface area contributed by atoms with Gasteiger partial charge in [0, 0.05) is 11.0 Å². The van der Waals surface area contributed by atoms with Crippen molar-refractivity contribution in [2.75, 3.05) is 6.26 Å². The van der Waals surface area contributed by atoms with Gasteiger partial charge in [0.2, 0.25) is 0 Å². The van der Waals surface area contributed by atoms with Crippen LogP contribution in [-0.2, 0) is 11.8 Å². The van der Waals surface area contributed by atoms with Gasteiger partial charge in [0.15, 0.2) is 5.16 Å². The van der Waals surface area contributed by atoms with Gasteiger partial charge in [0.1, 0.15) is 0 Å². The van der Waals surface area contributed by atoms with Gasteiger partial charge in [-0.1, -0.05) is 68.1 Å². The Morgan fingerprint density at radius 1 is 1.12 bits per heavy atom. The summed E-state index contributed by atoms with van der Waals surface area (Å²) in [6.45, 7) is 4.35. The van der Waals surface area contributed by atoms with Crippen LogP contribution in [0, 0.1) is 0 Å². The SMILES string of the molecule is CCC1(C)Cc2ccccc2-c2nc(SC)n(-c3ccccc3)c(=O)c21. The first kappa shape index (κ1) is 17.1. The van der Waals surface area contributed by atoms with Crippen LogP contribution in [0.3, 0.4) is 0 Å². The lowest BCUT2D eigenvalue weighted by atomic mass is 9.69. The van der Waals surface area contributed by atoms with Crippen LogP contribution in [0.15, 0.2) is 64.5 Å². The number of hydrogen-bond acceptors (Lipinski definition) is 3. The second-order valence-electron chi connectivity index (χ2n) is 7.05. The van der Waals surface area contributed by atoms with Crippen molar-refractivity contribution in [3.05, 3.63) is 76.1 Å². The Balaban J connectivity index is 2.11. The third-order valence-electron chi connectivity index (χ3n) is 5.49. The number of nitrogens with zero attached hydrogens (tertiary/aromatic N) is 2. The minimum atomic E-state index is -0.207. The second kappa shape index (κ2) is 6.44. The molecule has 1 aliphatic rings. The highest BCUT2D eigenvalue weighted by molar-refractivity contribution is 7.98. The van der Waals surface area contributed by atoms with Crippen LogP contribution in [0.5, 0.6) is 0 Å². The fourth-order valence-electron chi connectivity index (χ4n) is 3.90. The molecule has 1 aliphatic carbocycles. The summed E-state index contributed by atoms with van der Waals surface area (Å²) in [5, 5.41) is 0.732. The molecule has 0 saturated carbocycles. The summed E-state index contributed by atoms with van der Waals surface area (Å²) in [5.41, 5.74) is 4.81. The van der Waals surface area contributed by atoms with Crippen molar-refractivity contribution >= 4 is 11.8 Å². The van der Waals surface area contributed by atoms with Crippen LogP contribution < -0.4 is 5.56 Å². The second-order valence-corrected chi connectivity index (χ2v) is 7.82. The monoisotopic (exact) mass is 362 g/mol. The van der Waals surface area contributed by atoms with E-state index in [0.29, 0.717) is 0 Å². The molecule has 0 saturated heterocycles. The summed E-state index contributed by atoms with van der Waals surface area (Å²) < 4.78 is 1.77. The average molecular weight is 362 g/mol. The van der Waals surface area contributed by atoms with E-state index in [1.165, 1.54) is 17.3 Å². The quantitative estimate of drug-likeness (QED) is 0.494. The Labute approximate surface area is 158 Å². The van der Waals surface area contributed by atoms with E-state index in [2.05, 4.69) is 32.0 Å². The third-order valence-corrected chi connectivity index (χ3v) is 6.13. The van der Waals surface area contributed by atoms with E-state index in [0.717, 1.165) is 40.5 Å². The normalized spacial score (nSPS) is 18.3. The highest BCUT2D eigenvalue weighted by Gasteiger charge is 2.38. The van der Waals surface area contributed by atoms with E-state index < -0.39 is 0 Å². The molecule has 4 rings (SSSR count). The van der Waals surface area contributed by atoms with Gasteiger partial charge in [-0.3, -0.25) is 9.36 Å². The van der Waals surface area contributed by atoms with Gasteiger partial charge in [-0.25, -0.2) is 4.98 Å². The van der Waals surface area contributed by atoms with Gasteiger partial charge in [-0.2, -0.15) is 0 Å². The van der Waals surface area contributed by atoms with E-state index in [9.17, 15) is 4.79 Å². The molecule has 1 unspecified atom stereocenters. The van der Waals surface area contributed by atoms with Crippen LogP contribution in [0.1, 0.15) is 31.4 Å². The van der Waals surface area contributed by atoms with E-state index in [1.807, 2.05) is 42.7 Å². The third kappa shape index (κ3) is 2.52. The summed E-state index contributed by atoms with van der Waals surface area (Å²) in [7, 11) is 0. The van der Waals surface area contributed by atoms with Gasteiger partial charge in [0.25, 0.3) is 5.56 Å². The molecule has 0 spiro atoms. The van der Waals surface area contributed by atoms with Gasteiger partial charge >= 0.3 is 0 Å². The van der Waals surface area contributed by atoms with Gasteiger partial charge < -0.3 is 0 Å². The van der Waals surface area contributed by atoms with E-state index >= 15 is 0 Å². The molecule has 1 aromatic heterocycles. The molecular weight excluding hydrogens is 340 g/mol. The Kier molecular flexibility index (Phi) is 4.23. The fraction of sp³-hybridized carbons (Fsp3) is 0.273. The lowest BCUT2D eigenvalue weighted by molar-refractivity contribution is 0.435. The number of thioether (sulfide) groups is 1. The molecule has 0 N–H and O–H groups in total. The fourth-order valence-corrected chi connectivity index (χ4v) is 4.45. The lowest BCUT2D eigenvalue weighted by Crippen LogP contribution is -2.39. The molecule has 132 valence electrons. The standard InChI is InChI=1S/C22H22N2OS/c1-4-22(2)14-15-10-8-9-13-17(15)19-18(22)20(25)24(21(23-19)26-3)16-11-6-5-7-12-16/h5-13H,4,14H2,1-3H3. The molecule has 0 fully saturated rings. The summed E-state index contributed by atoms with van der Waals surface area (Å²) in [6.07, 6.45) is 3.75. The maximum Gasteiger partial charge on any atom is 0.263 e. The molecular formula is C22H22N2OS. The Morgan fingerprint density at radius 2 is 1.81 bits per heavy atom. The first-order valence-electron chi connectivity index (χ1n) is 8.94. The van der Waals surface area contributed by atoms with Gasteiger partial charge in [0.05, 0.1) is 16.9 Å². The van der Waals surface area contributed by atoms with Gasteiger partial charge in [-0.05, 0) is 36.8 Å². The Morgan fingerprint density at radius 3 is 2.50 bits per heavy atom. The minimum absolute atomic E-state index is 0.0596. The smallest absolute Gasteiger partial charge is 0.263 e. The summed E-state index contributed by atoms with van der Waals surface area (Å²) in [5.74, 6) is 0. The van der Waals surface area contributed by atoms with Crippen LogP contribution >= 0.6 is 11.8 Å². The maximum absolute atomic E-state index is 13.7. The number of hydrogen-bond donors (Lipinski definition) is 0. The molecule has 2 aromatic carbocycles. The molecule has 0 aliphatic heterocycles. The largest absolute Gasteiger partial charge is 0.268 e. The van der Waals surface area contributed by atoms with Crippen molar-refractivity contribution in [1.29, 1.82) is 0 Å². The summed E-state index contributed by atoms with van der Waals surface area (Å²) >= 11 is 1.51. The number of fused-ring (bicyclic) bond motifs is 3. The lowest BCUT2D eigenvalue weighted by Gasteiger charge is -2.35. The molecule has 1 heterocycles. The van der Waals surface area contributed by atoms with Crippen LogP contribution in [0.25, 0.3) is 16.9 Å². The van der Waals surface area contributed by atoms with Crippen LogP contribution in [0.4, 0.5) is 0 Å². The van der Waals surface area contributed by atoms with E-state index in [-0.39, 0.29) is 11.0 Å². The first-order chi connectivity index (χ1) is 12.6. The zero-order chi connectivity index (χ0) is 18.3. The zero-order valence-corrected chi connectivity index (χ0v) is 16.1. The van der Waals surface area contributed by atoms with Crippen molar-refractivity contribution in [3.8, 4) is 16.9 Å². The zero-order valence-electron chi connectivity index (χ0n) is 15.3. The maximum atomic E-state index is 13.7. The molecule has 1 atom stereocenters.